The fourth-order valence-electron chi connectivity index (χ4n) is 2.64. The Labute approximate surface area is 118 Å². The summed E-state index contributed by atoms with van der Waals surface area (Å²) in [5.74, 6) is 0. The highest BCUT2D eigenvalue weighted by atomic mass is 15.3. The summed E-state index contributed by atoms with van der Waals surface area (Å²) in [6.45, 7) is 2.94. The molecule has 1 N–H and O–H groups in total. The molecule has 0 aliphatic carbocycles. The molecule has 0 bridgehead atoms. The summed E-state index contributed by atoms with van der Waals surface area (Å²) in [5, 5.41) is 7.84. The number of nitrogens with zero attached hydrogens (tertiary/aromatic N) is 4. The van der Waals surface area contributed by atoms with Crippen LogP contribution in [0, 0.1) is 6.92 Å². The molecular formula is C15H19N5. The third-order valence-electron chi connectivity index (χ3n) is 3.77. The van der Waals surface area contributed by atoms with Gasteiger partial charge in [0.25, 0.3) is 0 Å². The molecule has 0 unspecified atom stereocenters. The first kappa shape index (κ1) is 12.9. The number of rotatable bonds is 3. The molecule has 0 aliphatic rings. The number of hydrogen-bond acceptors (Lipinski definition) is 3. The lowest BCUT2D eigenvalue weighted by atomic mass is 10.1. The summed E-state index contributed by atoms with van der Waals surface area (Å²) in [5.41, 5.74) is 6.72. The van der Waals surface area contributed by atoms with E-state index in [4.69, 9.17) is 0 Å². The summed E-state index contributed by atoms with van der Waals surface area (Å²) in [6.07, 6.45) is 1.84. The van der Waals surface area contributed by atoms with Crippen LogP contribution in [0.3, 0.4) is 0 Å². The largest absolute Gasteiger partial charge is 0.334 e. The third-order valence-corrected chi connectivity index (χ3v) is 3.77. The van der Waals surface area contributed by atoms with Gasteiger partial charge in [0, 0.05) is 26.2 Å². The summed E-state index contributed by atoms with van der Waals surface area (Å²) in [4.78, 5) is 4.42. The number of hydrogen-bond donors (Lipinski definition) is 1. The van der Waals surface area contributed by atoms with Crippen LogP contribution in [0.4, 0.5) is 0 Å². The summed E-state index contributed by atoms with van der Waals surface area (Å²) >= 11 is 0. The van der Waals surface area contributed by atoms with E-state index in [0.717, 1.165) is 28.8 Å². The van der Waals surface area contributed by atoms with Crippen LogP contribution in [0.5, 0.6) is 0 Å². The minimum atomic E-state index is 0.821. The minimum Gasteiger partial charge on any atom is -0.334 e. The molecule has 0 spiro atoms. The van der Waals surface area contributed by atoms with Crippen LogP contribution in [0.2, 0.25) is 0 Å². The van der Waals surface area contributed by atoms with Gasteiger partial charge in [-0.3, -0.25) is 4.68 Å². The van der Waals surface area contributed by atoms with Gasteiger partial charge in [-0.15, -0.1) is 0 Å². The molecule has 0 fully saturated rings. The van der Waals surface area contributed by atoms with E-state index in [0.29, 0.717) is 0 Å². The number of fused-ring (bicyclic) bond motifs is 1. The average molecular weight is 269 g/mol. The predicted octanol–water partition coefficient (Wildman–Crippen LogP) is 2.00. The maximum atomic E-state index is 4.65. The number of aromatic nitrogens is 4. The summed E-state index contributed by atoms with van der Waals surface area (Å²) < 4.78 is 3.97. The zero-order valence-electron chi connectivity index (χ0n) is 12.3. The molecular weight excluding hydrogens is 250 g/mol. The highest BCUT2D eigenvalue weighted by Crippen LogP contribution is 2.27. The van der Waals surface area contributed by atoms with Crippen LogP contribution in [-0.2, 0) is 20.6 Å². The Kier molecular flexibility index (Phi) is 3.06. The van der Waals surface area contributed by atoms with Crippen molar-refractivity contribution < 1.29 is 0 Å². The van der Waals surface area contributed by atoms with E-state index in [1.54, 1.807) is 0 Å². The monoisotopic (exact) mass is 269 g/mol. The average Bonchev–Trinajstić information content (AvgIpc) is 2.94. The van der Waals surface area contributed by atoms with E-state index in [1.165, 1.54) is 11.3 Å². The zero-order valence-corrected chi connectivity index (χ0v) is 12.3. The van der Waals surface area contributed by atoms with Crippen molar-refractivity contribution in [2.45, 2.75) is 13.5 Å². The van der Waals surface area contributed by atoms with Crippen LogP contribution in [0.1, 0.15) is 11.3 Å². The highest BCUT2D eigenvalue weighted by Gasteiger charge is 2.14. The van der Waals surface area contributed by atoms with E-state index in [-0.39, 0.29) is 0 Å². The number of nitrogens with one attached hydrogen (secondary N) is 1. The molecule has 0 atom stereocenters. The molecule has 0 radical (unpaired) electrons. The first-order chi connectivity index (χ1) is 9.61. The maximum absolute atomic E-state index is 4.65. The number of aryl methyl sites for hydroxylation is 2. The van der Waals surface area contributed by atoms with Gasteiger partial charge in [0.1, 0.15) is 0 Å². The Bertz CT molecular complexity index is 766. The van der Waals surface area contributed by atoms with Crippen molar-refractivity contribution in [1.82, 2.24) is 24.6 Å². The Hall–Kier alpha value is -2.14. The van der Waals surface area contributed by atoms with Crippen molar-refractivity contribution in [3.63, 3.8) is 0 Å². The van der Waals surface area contributed by atoms with Crippen molar-refractivity contribution >= 4 is 11.0 Å². The van der Waals surface area contributed by atoms with E-state index in [9.17, 15) is 0 Å². The molecule has 5 nitrogen and oxygen atoms in total. The lowest BCUT2D eigenvalue weighted by Gasteiger charge is -2.02. The minimum absolute atomic E-state index is 0.821. The highest BCUT2D eigenvalue weighted by molar-refractivity contribution is 5.82. The Morgan fingerprint density at radius 1 is 1.25 bits per heavy atom. The molecule has 1 aromatic carbocycles. The normalized spacial score (nSPS) is 11.4. The molecule has 2 heterocycles. The van der Waals surface area contributed by atoms with Crippen molar-refractivity contribution in [3.05, 3.63) is 35.8 Å². The maximum Gasteiger partial charge on any atom is 0.0956 e. The Morgan fingerprint density at radius 3 is 2.80 bits per heavy atom. The molecule has 104 valence electrons. The quantitative estimate of drug-likeness (QED) is 0.791. The second kappa shape index (κ2) is 4.76. The SMILES string of the molecule is CNCc1c(C)c(-c2ccc3c(c2)ncn3C)nn1C. The van der Waals surface area contributed by atoms with Crippen molar-refractivity contribution in [3.8, 4) is 11.3 Å². The van der Waals surface area contributed by atoms with Crippen LogP contribution in [-0.4, -0.2) is 26.4 Å². The van der Waals surface area contributed by atoms with Gasteiger partial charge in [-0.05, 0) is 31.7 Å². The standard InChI is InChI=1S/C15H19N5/c1-10-14(8-16-2)20(4)18-15(10)11-5-6-13-12(7-11)17-9-19(13)3/h5-7,9,16H,8H2,1-4H3. The van der Waals surface area contributed by atoms with E-state index < -0.39 is 0 Å². The van der Waals surface area contributed by atoms with Gasteiger partial charge >= 0.3 is 0 Å². The van der Waals surface area contributed by atoms with Gasteiger partial charge < -0.3 is 9.88 Å². The van der Waals surface area contributed by atoms with Crippen LogP contribution >= 0.6 is 0 Å². The summed E-state index contributed by atoms with van der Waals surface area (Å²) in [7, 11) is 5.95. The second-order valence-electron chi connectivity index (χ2n) is 5.13. The van der Waals surface area contributed by atoms with Crippen molar-refractivity contribution in [2.24, 2.45) is 14.1 Å². The molecule has 20 heavy (non-hydrogen) atoms. The third kappa shape index (κ3) is 1.91. The van der Waals surface area contributed by atoms with E-state index >= 15 is 0 Å². The van der Waals surface area contributed by atoms with Gasteiger partial charge in [0.05, 0.1) is 28.7 Å². The van der Waals surface area contributed by atoms with Crippen molar-refractivity contribution in [2.75, 3.05) is 7.05 Å². The van der Waals surface area contributed by atoms with Crippen LogP contribution in [0.25, 0.3) is 22.3 Å². The fraction of sp³-hybridized carbons (Fsp3) is 0.333. The van der Waals surface area contributed by atoms with Gasteiger partial charge in [-0.25, -0.2) is 4.98 Å². The first-order valence-corrected chi connectivity index (χ1v) is 6.70. The summed E-state index contributed by atoms with van der Waals surface area (Å²) in [6, 6.07) is 6.32. The fourth-order valence-corrected chi connectivity index (χ4v) is 2.64. The van der Waals surface area contributed by atoms with Gasteiger partial charge in [-0.2, -0.15) is 5.10 Å². The van der Waals surface area contributed by atoms with E-state index in [2.05, 4.69) is 40.5 Å². The van der Waals surface area contributed by atoms with Crippen LogP contribution in [0.15, 0.2) is 24.5 Å². The molecule has 0 saturated heterocycles. The Balaban J connectivity index is 2.13. The molecule has 5 heteroatoms. The smallest absolute Gasteiger partial charge is 0.0956 e. The lowest BCUT2D eigenvalue weighted by molar-refractivity contribution is 0.671. The Morgan fingerprint density at radius 2 is 2.05 bits per heavy atom. The topological polar surface area (TPSA) is 47.7 Å². The molecule has 3 aromatic rings. The number of imidazole rings is 1. The number of benzene rings is 1. The zero-order chi connectivity index (χ0) is 14.3. The molecule has 0 saturated carbocycles. The molecule has 3 rings (SSSR count). The second-order valence-corrected chi connectivity index (χ2v) is 5.13. The first-order valence-electron chi connectivity index (χ1n) is 6.70. The van der Waals surface area contributed by atoms with Gasteiger partial charge in [0.15, 0.2) is 0 Å². The van der Waals surface area contributed by atoms with Crippen molar-refractivity contribution in [1.29, 1.82) is 0 Å². The van der Waals surface area contributed by atoms with Crippen LogP contribution < -0.4 is 5.32 Å². The van der Waals surface area contributed by atoms with E-state index in [1.807, 2.05) is 36.7 Å². The van der Waals surface area contributed by atoms with Gasteiger partial charge in [-0.1, -0.05) is 6.07 Å². The predicted molar refractivity (Wildman–Crippen MR) is 80.4 cm³/mol. The molecule has 0 aliphatic heterocycles. The molecule has 2 aromatic heterocycles. The molecule has 0 amide bonds. The lowest BCUT2D eigenvalue weighted by Crippen LogP contribution is -2.10. The van der Waals surface area contributed by atoms with Gasteiger partial charge in [0.2, 0.25) is 0 Å².